The molecule has 2 aliphatic heterocycles. The van der Waals surface area contributed by atoms with Crippen LogP contribution in [-0.4, -0.2) is 56.2 Å². The van der Waals surface area contributed by atoms with Crippen molar-refractivity contribution in [1.82, 2.24) is 24.8 Å². The summed E-state index contributed by atoms with van der Waals surface area (Å²) in [5.41, 5.74) is 1.53. The smallest absolute Gasteiger partial charge is 0.282 e. The van der Waals surface area contributed by atoms with Crippen molar-refractivity contribution >= 4 is 23.4 Å². The molecular weight excluding hydrogens is 552 g/mol. The lowest BCUT2D eigenvalue weighted by molar-refractivity contribution is -0.143. The Morgan fingerprint density at radius 2 is 2.00 bits per heavy atom. The Bertz CT molecular complexity index is 1390. The highest BCUT2D eigenvalue weighted by Crippen LogP contribution is 2.55. The minimum Gasteiger partial charge on any atom is -0.487 e. The fourth-order valence-electron chi connectivity index (χ4n) is 7.80. The topological polar surface area (TPSA) is 80.6 Å². The monoisotopic (exact) mass is 587 g/mol. The third-order valence-electron chi connectivity index (χ3n) is 10.4. The molecule has 11 heteroatoms. The molecule has 5 aliphatic rings. The van der Waals surface area contributed by atoms with Crippen LogP contribution >= 0.6 is 11.6 Å². The maximum Gasteiger partial charge on any atom is 0.282 e. The molecule has 1 spiro atoms. The highest BCUT2D eigenvalue weighted by Gasteiger charge is 2.53. The molecule has 1 saturated heterocycles. The number of carbonyl (C=O) groups excluding carboxylic acids is 2. The zero-order valence-electron chi connectivity index (χ0n) is 23.5. The first-order valence-electron chi connectivity index (χ1n) is 14.8. The number of amides is 2. The lowest BCUT2D eigenvalue weighted by Crippen LogP contribution is -2.49. The molecule has 1 aromatic heterocycles. The molecule has 5 atom stereocenters. The van der Waals surface area contributed by atoms with Gasteiger partial charge in [-0.2, -0.15) is 0 Å². The quantitative estimate of drug-likeness (QED) is 0.450. The third kappa shape index (κ3) is 4.79. The molecule has 1 aromatic carbocycles. The van der Waals surface area contributed by atoms with E-state index in [-0.39, 0.29) is 41.1 Å². The van der Waals surface area contributed by atoms with Crippen LogP contribution in [-0.2, 0) is 29.7 Å². The number of likely N-dealkylation sites (tertiary alicyclic amines) is 1. The number of nitrogens with zero attached hydrogens (tertiary/aromatic N) is 5. The first-order chi connectivity index (χ1) is 19.6. The van der Waals surface area contributed by atoms with Crippen LogP contribution in [0.15, 0.2) is 12.1 Å². The van der Waals surface area contributed by atoms with Crippen LogP contribution in [0.1, 0.15) is 80.4 Å². The molecule has 0 N–H and O–H groups in total. The third-order valence-corrected chi connectivity index (χ3v) is 10.8. The second-order valence-electron chi connectivity index (χ2n) is 13.1. The second kappa shape index (κ2) is 9.92. The summed E-state index contributed by atoms with van der Waals surface area (Å²) >= 11 is 6.73. The van der Waals surface area contributed by atoms with Crippen LogP contribution in [0.3, 0.4) is 0 Å². The standard InChI is InChI=1S/C30H36ClF2N5O3/c1-16-9-17-10-18(17)11-20(16)29(40)38-8-5-19-21(31)3-4-24(41-14-22-27(28(32)33)36(2)35-34-22)26(19)23(38)13-37-15-30(6-7-30)12-25(37)39/h3-4,16-18,20,23,28H,5-15H2,1-2H3/t16-,17-,18-,20+,23+/m0/s1. The van der Waals surface area contributed by atoms with Crippen LogP contribution in [0.2, 0.25) is 5.02 Å². The van der Waals surface area contributed by atoms with Gasteiger partial charge in [-0.05, 0) is 79.4 Å². The van der Waals surface area contributed by atoms with Crippen LogP contribution in [0.5, 0.6) is 5.75 Å². The zero-order chi connectivity index (χ0) is 28.6. The molecule has 3 aliphatic carbocycles. The molecule has 8 nitrogen and oxygen atoms in total. The van der Waals surface area contributed by atoms with Crippen molar-refractivity contribution in [1.29, 1.82) is 0 Å². The van der Waals surface area contributed by atoms with Crippen molar-refractivity contribution in [2.45, 2.75) is 70.9 Å². The van der Waals surface area contributed by atoms with Gasteiger partial charge in [0, 0.05) is 49.6 Å². The lowest BCUT2D eigenvalue weighted by atomic mass is 9.78. The molecule has 0 radical (unpaired) electrons. The van der Waals surface area contributed by atoms with Gasteiger partial charge in [0.05, 0.1) is 6.04 Å². The Hall–Kier alpha value is -2.75. The van der Waals surface area contributed by atoms with Gasteiger partial charge in [-0.15, -0.1) is 5.10 Å². The van der Waals surface area contributed by atoms with Crippen molar-refractivity contribution in [2.75, 3.05) is 19.6 Å². The highest BCUT2D eigenvalue weighted by atomic mass is 35.5. The Morgan fingerprint density at radius 3 is 2.73 bits per heavy atom. The normalized spacial score (nSPS) is 29.6. The molecule has 41 heavy (non-hydrogen) atoms. The first-order valence-corrected chi connectivity index (χ1v) is 15.2. The summed E-state index contributed by atoms with van der Waals surface area (Å²) in [5.74, 6) is 2.44. The maximum atomic E-state index is 14.3. The number of alkyl halides is 2. The van der Waals surface area contributed by atoms with Crippen LogP contribution in [0.4, 0.5) is 8.78 Å². The van der Waals surface area contributed by atoms with Crippen LogP contribution in [0.25, 0.3) is 0 Å². The Morgan fingerprint density at radius 1 is 1.22 bits per heavy atom. The Labute approximate surface area is 243 Å². The van der Waals surface area contributed by atoms with Gasteiger partial charge < -0.3 is 14.5 Å². The fraction of sp³-hybridized carbons (Fsp3) is 0.667. The van der Waals surface area contributed by atoms with E-state index in [9.17, 15) is 18.4 Å². The number of aromatic nitrogens is 3. The molecule has 4 fully saturated rings. The van der Waals surface area contributed by atoms with Crippen molar-refractivity contribution in [3.63, 3.8) is 0 Å². The van der Waals surface area contributed by atoms with E-state index in [1.807, 2.05) is 9.80 Å². The lowest BCUT2D eigenvalue weighted by Gasteiger charge is -2.43. The minimum absolute atomic E-state index is 0.0383. The van der Waals surface area contributed by atoms with E-state index in [1.165, 1.54) is 13.5 Å². The van der Waals surface area contributed by atoms with E-state index in [4.69, 9.17) is 16.3 Å². The molecule has 2 amide bonds. The van der Waals surface area contributed by atoms with Crippen molar-refractivity contribution in [3.8, 4) is 5.75 Å². The van der Waals surface area contributed by atoms with Crippen LogP contribution in [0, 0.1) is 29.1 Å². The predicted octanol–water partition coefficient (Wildman–Crippen LogP) is 5.11. The number of carbonyl (C=O) groups is 2. The number of rotatable bonds is 7. The summed E-state index contributed by atoms with van der Waals surface area (Å²) in [6.07, 6.45) is 3.74. The summed E-state index contributed by atoms with van der Waals surface area (Å²) < 4.78 is 34.6. The van der Waals surface area contributed by atoms with E-state index < -0.39 is 12.5 Å². The maximum absolute atomic E-state index is 14.3. The minimum atomic E-state index is -2.74. The van der Waals surface area contributed by atoms with Gasteiger partial charge in [0.1, 0.15) is 23.7 Å². The van der Waals surface area contributed by atoms with Gasteiger partial charge in [0.2, 0.25) is 11.8 Å². The van der Waals surface area contributed by atoms with Gasteiger partial charge in [-0.3, -0.25) is 9.59 Å². The van der Waals surface area contributed by atoms with Crippen molar-refractivity contribution < 1.29 is 23.1 Å². The highest BCUT2D eigenvalue weighted by molar-refractivity contribution is 6.31. The van der Waals surface area contributed by atoms with E-state index in [2.05, 4.69) is 17.2 Å². The molecule has 220 valence electrons. The number of fused-ring (bicyclic) bond motifs is 2. The average Bonchev–Trinajstić information content (AvgIpc) is 3.81. The number of halogens is 3. The van der Waals surface area contributed by atoms with Crippen molar-refractivity contribution in [3.05, 3.63) is 39.7 Å². The van der Waals surface area contributed by atoms with Crippen molar-refractivity contribution in [2.24, 2.45) is 36.1 Å². The number of ether oxygens (including phenoxy) is 1. The average molecular weight is 588 g/mol. The van der Waals surface area contributed by atoms with Gasteiger partial charge >= 0.3 is 0 Å². The molecule has 7 rings (SSSR count). The zero-order valence-corrected chi connectivity index (χ0v) is 24.2. The number of hydrogen-bond acceptors (Lipinski definition) is 5. The van der Waals surface area contributed by atoms with Gasteiger partial charge in [0.25, 0.3) is 6.43 Å². The predicted molar refractivity (Wildman–Crippen MR) is 146 cm³/mol. The number of aryl methyl sites for hydroxylation is 1. The molecule has 2 aromatic rings. The fourth-order valence-corrected chi connectivity index (χ4v) is 8.06. The summed E-state index contributed by atoms with van der Waals surface area (Å²) in [4.78, 5) is 31.3. The molecule has 0 unspecified atom stereocenters. The van der Waals surface area contributed by atoms with Gasteiger partial charge in [-0.1, -0.05) is 23.7 Å². The van der Waals surface area contributed by atoms with Crippen LogP contribution < -0.4 is 4.74 Å². The molecule has 0 bridgehead atoms. The van der Waals surface area contributed by atoms with Gasteiger partial charge in [-0.25, -0.2) is 13.5 Å². The SMILES string of the molecule is C[C@H]1C[C@H]2C[C@H]2C[C@H]1C(=O)N1CCc2c(Cl)ccc(OCc3nnn(C)c3C(F)F)c2[C@H]1CN1CC2(CC2)CC1=O. The van der Waals surface area contributed by atoms with E-state index in [0.29, 0.717) is 55.1 Å². The number of benzene rings is 1. The van der Waals surface area contributed by atoms with Gasteiger partial charge in [0.15, 0.2) is 0 Å². The Balaban J connectivity index is 1.23. The summed E-state index contributed by atoms with van der Waals surface area (Å²) in [6.45, 7) is 3.59. The Kier molecular flexibility index (Phi) is 6.56. The number of hydrogen-bond donors (Lipinski definition) is 0. The summed E-state index contributed by atoms with van der Waals surface area (Å²) in [5, 5.41) is 8.24. The largest absolute Gasteiger partial charge is 0.487 e. The second-order valence-corrected chi connectivity index (χ2v) is 13.5. The van der Waals surface area contributed by atoms with E-state index in [0.717, 1.165) is 47.4 Å². The molecular formula is C30H36ClF2N5O3. The molecule has 3 heterocycles. The molecule has 3 saturated carbocycles. The first kappa shape index (κ1) is 27.1. The van der Waals surface area contributed by atoms with E-state index in [1.54, 1.807) is 12.1 Å². The summed E-state index contributed by atoms with van der Waals surface area (Å²) in [7, 11) is 1.43. The summed E-state index contributed by atoms with van der Waals surface area (Å²) in [6, 6.07) is 3.07. The van der Waals surface area contributed by atoms with E-state index >= 15 is 0 Å².